The Hall–Kier alpha value is -11.9. The van der Waals surface area contributed by atoms with Gasteiger partial charge in [-0.05, 0) is 74.1 Å². The van der Waals surface area contributed by atoms with Crippen LogP contribution in [0.3, 0.4) is 0 Å². The molecule has 0 fully saturated rings. The lowest BCUT2D eigenvalue weighted by Crippen LogP contribution is -2.58. The van der Waals surface area contributed by atoms with Crippen molar-refractivity contribution in [1.29, 1.82) is 5.41 Å². The first-order valence-corrected chi connectivity index (χ1v) is 30.4. The van der Waals surface area contributed by atoms with Gasteiger partial charge in [-0.1, -0.05) is 26.0 Å². The maximum absolute atomic E-state index is 13.9. The molecule has 3 aromatic heterocycles. The van der Waals surface area contributed by atoms with Gasteiger partial charge in [0.25, 0.3) is 17.4 Å². The van der Waals surface area contributed by atoms with Gasteiger partial charge in [0.05, 0.1) is 41.9 Å². The predicted molar refractivity (Wildman–Crippen MR) is 343 cm³/mol. The van der Waals surface area contributed by atoms with Crippen LogP contribution in [0.1, 0.15) is 97.7 Å². The van der Waals surface area contributed by atoms with E-state index in [1.165, 1.54) is 49.6 Å². The summed E-state index contributed by atoms with van der Waals surface area (Å²) in [6, 6.07) is 2.65. The van der Waals surface area contributed by atoms with Crippen LogP contribution in [0.4, 0.5) is 11.6 Å². The Balaban J connectivity index is 1.17. The number of aromatic nitrogens is 5. The molecule has 0 spiro atoms. The zero-order valence-electron chi connectivity index (χ0n) is 52.4. The number of thioether (sulfide) groups is 1. The van der Waals surface area contributed by atoms with Gasteiger partial charge in [-0.3, -0.25) is 67.7 Å². The highest BCUT2D eigenvalue weighted by atomic mass is 32.2. The van der Waals surface area contributed by atoms with Gasteiger partial charge in [0.15, 0.2) is 23.0 Å². The number of aliphatic carboxylic acids is 4. The largest absolute Gasteiger partial charge is 0.494 e. The molecule has 5 rings (SSSR count). The average molecular weight is 1370 g/mol. The predicted octanol–water partition coefficient (Wildman–Crippen LogP) is -2.46. The van der Waals surface area contributed by atoms with E-state index in [1.807, 2.05) is 0 Å². The Labute approximate surface area is 553 Å². The number of nitrogens with two attached hydrogens (primary N) is 2. The number of anilines is 2. The summed E-state index contributed by atoms with van der Waals surface area (Å²) >= 11 is 0.598. The molecule has 0 bridgehead atoms. The van der Waals surface area contributed by atoms with Crippen LogP contribution in [-0.4, -0.2) is 194 Å². The number of aromatic hydroxyl groups is 2. The SMILES string of the molecule is CNC(=O)[C@@H](NC(=O)c1ccc(C(C)=NNC(=O)CCn2c(O)cc(SCC(NC(=O)[C@@H](CC(=O)O)NC(=O)[C@@H](CCCNC(=N)N)NC(=O)[C@H](CC(=O)O)NC(=O)CC[C@H](NC(=O)c3ccc(NCc4cnc5nc(N)[nH]c(=O)c5n4)cc3)C(=O)O)C(=O)O)c2O)cc1)C(C)C. The Morgan fingerprint density at radius 3 is 1.86 bits per heavy atom. The zero-order chi connectivity index (χ0) is 71.8. The summed E-state index contributed by atoms with van der Waals surface area (Å²) in [5.41, 5.74) is 14.6. The molecule has 39 heteroatoms. The number of hydrogen-bond donors (Lipinski definition) is 20. The molecular weight excluding hydrogens is 1300 g/mol. The van der Waals surface area contributed by atoms with Crippen LogP contribution < -0.4 is 70.3 Å². The standard InChI is InChI=1S/C58H73N19O19S/c1-26(2)44(52(90)62-4)72-48(86)29-9-7-28(8-10-29)27(3)75-76-40(79)17-19-77-41(80)22-38(54(77)92)97-25-37(56(95)96)71-51(89)36(21-43(83)84)70-49(87)33(6-5-18-63-57(59)60)68-50(88)35(20-42(81)82)67-39(78)16-15-34(55(93)94)69-47(85)30-11-13-31(14-12-30)64-23-32-24-65-46-45(66-32)53(91)74-58(61)73-46/h7-14,22,24,26,33-37,44,64,80,92H,5-6,15-21,23,25H2,1-4H3,(H,62,90)(H,67,78)(H,68,88)(H,69,85)(H,70,87)(H,71,89)(H,72,86)(H,76,79)(H,81,82)(H,83,84)(H,93,94)(H,95,96)(H4,59,60,63)(H3,61,65,73,74,91)/t33-,34+,35+,36-,37?,44+/m1/s1. The number of fused-ring (bicyclic) bond motifs is 1. The van der Waals surface area contributed by atoms with Crippen molar-refractivity contribution in [3.63, 3.8) is 0 Å². The van der Waals surface area contributed by atoms with Gasteiger partial charge in [-0.15, -0.1) is 11.8 Å². The van der Waals surface area contributed by atoms with Crippen LogP contribution in [0.25, 0.3) is 11.2 Å². The summed E-state index contributed by atoms with van der Waals surface area (Å²) in [6.07, 6.45) is -3.10. The monoisotopic (exact) mass is 1370 g/mol. The fraction of sp³-hybridized carbons (Fsp3) is 0.379. The highest BCUT2D eigenvalue weighted by Gasteiger charge is 2.34. The van der Waals surface area contributed by atoms with E-state index in [-0.39, 0.29) is 77.4 Å². The number of nitrogens with one attached hydrogen (secondary N) is 12. The molecule has 38 nitrogen and oxygen atoms in total. The number of carbonyl (C=O) groups excluding carboxylic acids is 8. The lowest BCUT2D eigenvalue weighted by Gasteiger charge is -2.25. The van der Waals surface area contributed by atoms with Crippen molar-refractivity contribution in [2.75, 3.05) is 30.4 Å². The number of carbonyl (C=O) groups is 12. The molecule has 0 saturated heterocycles. The molecule has 5 aromatic rings. The van der Waals surface area contributed by atoms with Crippen molar-refractivity contribution in [1.82, 2.24) is 72.5 Å². The first kappa shape index (κ1) is 75.8. The number of aromatic amines is 1. The van der Waals surface area contributed by atoms with Crippen molar-refractivity contribution >= 4 is 117 Å². The molecule has 8 amide bonds. The van der Waals surface area contributed by atoms with Gasteiger partial charge >= 0.3 is 23.9 Å². The van der Waals surface area contributed by atoms with Crippen molar-refractivity contribution in [3.8, 4) is 11.8 Å². The van der Waals surface area contributed by atoms with Crippen LogP contribution in [-0.2, 0) is 61.0 Å². The third-order valence-corrected chi connectivity index (χ3v) is 15.1. The number of carboxylic acid groups (broad SMARTS) is 4. The molecule has 0 saturated carbocycles. The minimum Gasteiger partial charge on any atom is -0.494 e. The Bertz CT molecular complexity index is 3860. The molecular formula is C58H73N19O19S. The van der Waals surface area contributed by atoms with Gasteiger partial charge in [-0.25, -0.2) is 25.0 Å². The lowest BCUT2D eigenvalue weighted by molar-refractivity contribution is -0.143. The minimum atomic E-state index is -2.07. The molecule has 3 heterocycles. The topological polar surface area (TPSA) is 611 Å². The molecule has 0 aliphatic heterocycles. The van der Waals surface area contributed by atoms with Crippen molar-refractivity contribution in [2.24, 2.45) is 16.8 Å². The number of nitrogen functional groups attached to an aromatic ring is 1. The van der Waals surface area contributed by atoms with Gasteiger partial charge in [-0.2, -0.15) is 10.1 Å². The van der Waals surface area contributed by atoms with Crippen molar-refractivity contribution < 1.29 is 88.2 Å². The third-order valence-electron chi connectivity index (χ3n) is 14.0. The first-order chi connectivity index (χ1) is 45.8. The van der Waals surface area contributed by atoms with E-state index in [9.17, 15) is 93.0 Å². The second-order valence-corrected chi connectivity index (χ2v) is 22.7. The maximum Gasteiger partial charge on any atom is 0.327 e. The number of benzene rings is 2. The summed E-state index contributed by atoms with van der Waals surface area (Å²) in [7, 11) is 1.46. The number of hydrazone groups is 1. The average Bonchev–Trinajstić information content (AvgIpc) is 1.83. The molecule has 1 unspecified atom stereocenters. The second-order valence-electron chi connectivity index (χ2n) is 21.7. The van der Waals surface area contributed by atoms with Crippen molar-refractivity contribution in [2.45, 2.75) is 120 Å². The molecule has 0 radical (unpaired) electrons. The molecule has 2 aromatic carbocycles. The smallest absolute Gasteiger partial charge is 0.327 e. The molecule has 6 atom stereocenters. The number of nitrogens with zero attached hydrogens (tertiary/aromatic N) is 5. The van der Waals surface area contributed by atoms with Crippen molar-refractivity contribution in [3.05, 3.63) is 93.5 Å². The number of likely N-dealkylation sites (N-methyl/N-ethyl adjacent to an activating group) is 1. The van der Waals surface area contributed by atoms with Gasteiger partial charge < -0.3 is 90.0 Å². The minimum absolute atomic E-state index is 0.00860. The lowest BCUT2D eigenvalue weighted by atomic mass is 10.0. The second kappa shape index (κ2) is 35.9. The highest BCUT2D eigenvalue weighted by molar-refractivity contribution is 7.99. The summed E-state index contributed by atoms with van der Waals surface area (Å²) in [5, 5.41) is 94.3. The van der Waals surface area contributed by atoms with Crippen LogP contribution >= 0.6 is 11.8 Å². The summed E-state index contributed by atoms with van der Waals surface area (Å²) < 4.78 is 0.909. The van der Waals surface area contributed by atoms with E-state index in [0.29, 0.717) is 34.4 Å². The number of carboxylic acids is 4. The van der Waals surface area contributed by atoms with Gasteiger partial charge in [0.1, 0.15) is 36.3 Å². The van der Waals surface area contributed by atoms with Gasteiger partial charge in [0, 0.05) is 61.6 Å². The summed E-state index contributed by atoms with van der Waals surface area (Å²) in [4.78, 5) is 181. The van der Waals surface area contributed by atoms with E-state index in [1.54, 1.807) is 32.9 Å². The third kappa shape index (κ3) is 23.5. The number of H-pyrrole nitrogens is 1. The first-order valence-electron chi connectivity index (χ1n) is 29.4. The van der Waals surface area contributed by atoms with Crippen LogP contribution in [0, 0.1) is 11.3 Å². The Morgan fingerprint density at radius 1 is 0.701 bits per heavy atom. The van der Waals surface area contributed by atoms with Crippen LogP contribution in [0.5, 0.6) is 11.8 Å². The molecule has 0 aliphatic rings. The number of amides is 8. The van der Waals surface area contributed by atoms with E-state index < -0.39 is 163 Å². The van der Waals surface area contributed by atoms with E-state index >= 15 is 0 Å². The summed E-state index contributed by atoms with van der Waals surface area (Å²) in [6.45, 7) is 4.77. The normalized spacial score (nSPS) is 13.0. The van der Waals surface area contributed by atoms with Crippen LogP contribution in [0.15, 0.2) is 75.6 Å². The molecule has 22 N–H and O–H groups in total. The fourth-order valence-corrected chi connectivity index (χ4v) is 9.85. The summed E-state index contributed by atoms with van der Waals surface area (Å²) in [5.74, 6) is -16.7. The van der Waals surface area contributed by atoms with E-state index in [4.69, 9.17) is 16.9 Å². The number of guanidine groups is 1. The Morgan fingerprint density at radius 2 is 1.27 bits per heavy atom. The Kier molecular flexibility index (Phi) is 28.1. The quantitative estimate of drug-likeness (QED) is 0.00645. The number of rotatable bonds is 37. The fourth-order valence-electron chi connectivity index (χ4n) is 8.85. The highest BCUT2D eigenvalue weighted by Crippen LogP contribution is 2.36. The molecule has 520 valence electrons. The maximum atomic E-state index is 13.9. The van der Waals surface area contributed by atoms with Crippen LogP contribution in [0.2, 0.25) is 0 Å². The van der Waals surface area contributed by atoms with Gasteiger partial charge in [0.2, 0.25) is 47.3 Å². The molecule has 97 heavy (non-hydrogen) atoms. The van der Waals surface area contributed by atoms with E-state index in [2.05, 4.69) is 78.3 Å². The van der Waals surface area contributed by atoms with E-state index in [0.717, 1.165) is 10.6 Å². The zero-order valence-corrected chi connectivity index (χ0v) is 53.2. The number of hydrogen-bond acceptors (Lipinski definition) is 23. The molecule has 0 aliphatic carbocycles.